The third-order valence-corrected chi connectivity index (χ3v) is 1.05. The molecule has 0 rings (SSSR count). The molecule has 0 heterocycles. The highest BCUT2D eigenvalue weighted by molar-refractivity contribution is 6.61. The molecule has 0 fully saturated rings. The number of ether oxygens (including phenoxy) is 1. The molecule has 0 saturated heterocycles. The molecule has 0 bridgehead atoms. The maximum atomic E-state index is 10.7. The van der Waals surface area contributed by atoms with Gasteiger partial charge >= 0.3 is 11.8 Å². The van der Waals surface area contributed by atoms with E-state index in [2.05, 4.69) is 4.74 Å². The molecule has 0 aliphatic carbocycles. The van der Waals surface area contributed by atoms with Crippen LogP contribution in [0.25, 0.3) is 0 Å². The van der Waals surface area contributed by atoms with Gasteiger partial charge in [-0.3, -0.25) is 9.59 Å². The van der Waals surface area contributed by atoms with E-state index >= 15 is 0 Å². The Balaban J connectivity index is 3.89. The third-order valence-electron chi connectivity index (χ3n) is 1.05. The van der Waals surface area contributed by atoms with Crippen molar-refractivity contribution in [3.05, 3.63) is 0 Å². The number of hydrogen-bond acceptors (Lipinski definition) is 4. The molecule has 68 valence electrons. The molecule has 0 aromatic heterocycles. The van der Waals surface area contributed by atoms with E-state index < -0.39 is 17.5 Å². The predicted octanol–water partition coefficient (Wildman–Crippen LogP) is 0.344. The third kappa shape index (κ3) is 3.85. The van der Waals surface area contributed by atoms with Gasteiger partial charge in [-0.1, -0.05) is 13.8 Å². The van der Waals surface area contributed by atoms with Gasteiger partial charge in [0.25, 0.3) is 0 Å². The normalized spacial score (nSPS) is 9.67. The average Bonchev–Trinajstić information content (AvgIpc) is 1.98. The van der Waals surface area contributed by atoms with Gasteiger partial charge in [0.1, 0.15) is 0 Å². The highest BCUT2D eigenvalue weighted by atomic mass is 16.5. The van der Waals surface area contributed by atoms with Gasteiger partial charge in [-0.25, -0.2) is 4.79 Å². The highest BCUT2D eigenvalue weighted by Gasteiger charge is 2.20. The van der Waals surface area contributed by atoms with Crippen LogP contribution >= 0.6 is 0 Å². The average molecular weight is 172 g/mol. The lowest BCUT2D eigenvalue weighted by Gasteiger charge is -2.04. The van der Waals surface area contributed by atoms with Gasteiger partial charge in [0.15, 0.2) is 0 Å². The molecule has 0 spiro atoms. The summed E-state index contributed by atoms with van der Waals surface area (Å²) < 4.78 is 4.52. The van der Waals surface area contributed by atoms with Gasteiger partial charge in [0.2, 0.25) is 5.78 Å². The Bertz CT molecular complexity index is 205. The molecule has 4 heteroatoms. The lowest BCUT2D eigenvalue weighted by atomic mass is 10.2. The van der Waals surface area contributed by atoms with Crippen molar-refractivity contribution in [3.8, 4) is 0 Å². The van der Waals surface area contributed by atoms with E-state index in [0.29, 0.717) is 0 Å². The van der Waals surface area contributed by atoms with Crippen LogP contribution in [0.5, 0.6) is 0 Å². The minimum atomic E-state index is -1.09. The topological polar surface area (TPSA) is 60.4 Å². The van der Waals surface area contributed by atoms with Crippen molar-refractivity contribution in [2.24, 2.45) is 5.92 Å². The SMILES string of the molecule is CC(=O)C(=O)C(=O)OCC(C)C. The molecule has 0 atom stereocenters. The first-order valence-electron chi connectivity index (χ1n) is 3.67. The van der Waals surface area contributed by atoms with Crippen molar-refractivity contribution in [2.45, 2.75) is 20.8 Å². The first-order valence-corrected chi connectivity index (χ1v) is 3.67. The summed E-state index contributed by atoms with van der Waals surface area (Å²) >= 11 is 0. The quantitative estimate of drug-likeness (QED) is 0.348. The van der Waals surface area contributed by atoms with Crippen LogP contribution in [-0.4, -0.2) is 24.1 Å². The summed E-state index contributed by atoms with van der Waals surface area (Å²) in [6.07, 6.45) is 0. The van der Waals surface area contributed by atoms with E-state index in [0.717, 1.165) is 6.92 Å². The van der Waals surface area contributed by atoms with Crippen molar-refractivity contribution >= 4 is 17.5 Å². The molecule has 0 N–H and O–H groups in total. The van der Waals surface area contributed by atoms with Gasteiger partial charge < -0.3 is 4.74 Å². The van der Waals surface area contributed by atoms with Crippen molar-refractivity contribution in [1.29, 1.82) is 0 Å². The fraction of sp³-hybridized carbons (Fsp3) is 0.625. The number of rotatable bonds is 4. The van der Waals surface area contributed by atoms with Crippen LogP contribution in [-0.2, 0) is 19.1 Å². The Labute approximate surface area is 70.9 Å². The van der Waals surface area contributed by atoms with E-state index in [9.17, 15) is 14.4 Å². The summed E-state index contributed by atoms with van der Waals surface area (Å²) in [5.41, 5.74) is 0. The van der Waals surface area contributed by atoms with E-state index in [1.54, 1.807) is 0 Å². The van der Waals surface area contributed by atoms with Gasteiger partial charge in [0.05, 0.1) is 6.61 Å². The van der Waals surface area contributed by atoms with Crippen LogP contribution in [0.4, 0.5) is 0 Å². The first-order chi connectivity index (χ1) is 5.45. The maximum Gasteiger partial charge on any atom is 0.382 e. The van der Waals surface area contributed by atoms with Crippen molar-refractivity contribution in [2.75, 3.05) is 6.61 Å². The Morgan fingerprint density at radius 1 is 1.25 bits per heavy atom. The van der Waals surface area contributed by atoms with Crippen molar-refractivity contribution < 1.29 is 19.1 Å². The lowest BCUT2D eigenvalue weighted by molar-refractivity contribution is -0.157. The second kappa shape index (κ2) is 4.64. The van der Waals surface area contributed by atoms with Gasteiger partial charge in [-0.2, -0.15) is 0 Å². The van der Waals surface area contributed by atoms with Crippen LogP contribution in [0, 0.1) is 5.92 Å². The van der Waals surface area contributed by atoms with Crippen LogP contribution in [0.15, 0.2) is 0 Å². The summed E-state index contributed by atoms with van der Waals surface area (Å²) in [4.78, 5) is 31.7. The second-order valence-electron chi connectivity index (χ2n) is 2.88. The van der Waals surface area contributed by atoms with Crippen molar-refractivity contribution in [1.82, 2.24) is 0 Å². The molecule has 0 aromatic carbocycles. The van der Waals surface area contributed by atoms with Crippen molar-refractivity contribution in [3.63, 3.8) is 0 Å². The predicted molar refractivity (Wildman–Crippen MR) is 41.5 cm³/mol. The first kappa shape index (κ1) is 10.8. The maximum absolute atomic E-state index is 10.7. The minimum absolute atomic E-state index is 0.161. The van der Waals surface area contributed by atoms with Crippen LogP contribution in [0.2, 0.25) is 0 Å². The van der Waals surface area contributed by atoms with Crippen LogP contribution in [0.1, 0.15) is 20.8 Å². The Morgan fingerprint density at radius 2 is 1.75 bits per heavy atom. The highest BCUT2D eigenvalue weighted by Crippen LogP contribution is 1.93. The number of esters is 1. The van der Waals surface area contributed by atoms with E-state index in [1.165, 1.54) is 0 Å². The number of Topliss-reactive ketones (excluding diaryl/α,β-unsaturated/α-hetero) is 2. The Morgan fingerprint density at radius 3 is 2.08 bits per heavy atom. The summed E-state index contributed by atoms with van der Waals surface area (Å²) in [5.74, 6) is -2.77. The van der Waals surface area contributed by atoms with E-state index in [-0.39, 0.29) is 12.5 Å². The molecule has 0 radical (unpaired) electrons. The molecule has 0 amide bonds. The lowest BCUT2D eigenvalue weighted by Crippen LogP contribution is -2.25. The number of carbonyl (C=O) groups is 3. The van der Waals surface area contributed by atoms with Gasteiger partial charge in [-0.15, -0.1) is 0 Å². The minimum Gasteiger partial charge on any atom is -0.459 e. The second-order valence-corrected chi connectivity index (χ2v) is 2.88. The number of hydrogen-bond donors (Lipinski definition) is 0. The van der Waals surface area contributed by atoms with Crippen LogP contribution in [0.3, 0.4) is 0 Å². The molecule has 4 nitrogen and oxygen atoms in total. The zero-order chi connectivity index (χ0) is 9.72. The molecule has 0 aliphatic heterocycles. The zero-order valence-electron chi connectivity index (χ0n) is 7.42. The number of carbonyl (C=O) groups excluding carboxylic acids is 3. The molecule has 0 aromatic rings. The van der Waals surface area contributed by atoms with Gasteiger partial charge in [-0.05, 0) is 5.92 Å². The Kier molecular flexibility index (Phi) is 4.18. The molecule has 0 aliphatic rings. The fourth-order valence-corrected chi connectivity index (χ4v) is 0.452. The number of ketones is 2. The van der Waals surface area contributed by atoms with E-state index in [1.807, 2.05) is 13.8 Å². The molecular formula is C8H12O4. The molecule has 12 heavy (non-hydrogen) atoms. The monoisotopic (exact) mass is 172 g/mol. The summed E-state index contributed by atoms with van der Waals surface area (Å²) in [7, 11) is 0. The van der Waals surface area contributed by atoms with Crippen LogP contribution < -0.4 is 0 Å². The summed E-state index contributed by atoms with van der Waals surface area (Å²) in [6.45, 7) is 4.88. The Hall–Kier alpha value is -1.19. The summed E-state index contributed by atoms with van der Waals surface area (Å²) in [6, 6.07) is 0. The van der Waals surface area contributed by atoms with Gasteiger partial charge in [0, 0.05) is 6.92 Å². The van der Waals surface area contributed by atoms with E-state index in [4.69, 9.17) is 0 Å². The zero-order valence-corrected chi connectivity index (χ0v) is 7.42. The molecule has 0 saturated carbocycles. The largest absolute Gasteiger partial charge is 0.459 e. The standard InChI is InChI=1S/C8H12O4/c1-5(2)4-12-8(11)7(10)6(3)9/h5H,4H2,1-3H3. The molecule has 0 unspecified atom stereocenters. The fourth-order valence-electron chi connectivity index (χ4n) is 0.452. The summed E-state index contributed by atoms with van der Waals surface area (Å²) in [5, 5.41) is 0. The molecular weight excluding hydrogens is 160 g/mol. The smallest absolute Gasteiger partial charge is 0.382 e.